The highest BCUT2D eigenvalue weighted by Gasteiger charge is 2.10. The molecule has 1 heterocycles. The minimum absolute atomic E-state index is 0.0753. The molecule has 0 unspecified atom stereocenters. The lowest BCUT2D eigenvalue weighted by molar-refractivity contribution is 0.268. The predicted octanol–water partition coefficient (Wildman–Crippen LogP) is 2.64. The van der Waals surface area contributed by atoms with Crippen LogP contribution in [0.2, 0.25) is 5.02 Å². The first kappa shape index (κ1) is 23.1. The molecule has 1 aromatic heterocycles. The summed E-state index contributed by atoms with van der Waals surface area (Å²) in [4.78, 5) is 32.6. The van der Waals surface area contributed by atoms with Crippen molar-refractivity contribution in [3.8, 4) is 11.5 Å². The Morgan fingerprint density at radius 2 is 1.53 bits per heavy atom. The van der Waals surface area contributed by atoms with Gasteiger partial charge in [0.15, 0.2) is 0 Å². The van der Waals surface area contributed by atoms with Crippen LogP contribution in [0.3, 0.4) is 0 Å². The minimum atomic E-state index is -0.659. The van der Waals surface area contributed by atoms with Gasteiger partial charge in [0, 0.05) is 10.7 Å². The number of anilines is 1. The maximum atomic E-state index is 13.0. The molecule has 174 valence electrons. The third kappa shape index (κ3) is 5.45. The van der Waals surface area contributed by atoms with Crippen molar-refractivity contribution in [1.29, 1.82) is 0 Å². The lowest BCUT2D eigenvalue weighted by atomic mass is 10.2. The van der Waals surface area contributed by atoms with Gasteiger partial charge >= 0.3 is 11.4 Å². The predicted molar refractivity (Wildman–Crippen MR) is 130 cm³/mol. The van der Waals surface area contributed by atoms with Crippen LogP contribution < -0.4 is 27.5 Å². The van der Waals surface area contributed by atoms with E-state index in [9.17, 15) is 14.7 Å². The van der Waals surface area contributed by atoms with Crippen molar-refractivity contribution in [3.05, 3.63) is 110 Å². The van der Waals surface area contributed by atoms with Crippen LogP contribution in [0.4, 0.5) is 11.4 Å². The van der Waals surface area contributed by atoms with Crippen LogP contribution >= 0.6 is 11.6 Å². The van der Waals surface area contributed by atoms with Crippen molar-refractivity contribution in [1.82, 2.24) is 14.1 Å². The highest BCUT2D eigenvalue weighted by molar-refractivity contribution is 6.30. The number of benzene rings is 3. The zero-order chi connectivity index (χ0) is 24.1. The fourth-order valence-electron chi connectivity index (χ4n) is 3.24. The number of nitrogens with two attached hydrogens (primary N) is 1. The summed E-state index contributed by atoms with van der Waals surface area (Å²) in [6.07, 6.45) is 0. The average Bonchev–Trinajstić information content (AvgIpc) is 2.83. The zero-order valence-corrected chi connectivity index (χ0v) is 18.8. The summed E-state index contributed by atoms with van der Waals surface area (Å²) in [5, 5.41) is 9.82. The Bertz CT molecular complexity index is 1450. The number of hydrogen-bond donors (Lipinski definition) is 3. The van der Waals surface area contributed by atoms with Gasteiger partial charge in [-0.2, -0.15) is 0 Å². The summed E-state index contributed by atoms with van der Waals surface area (Å²) in [7, 11) is 0. The van der Waals surface area contributed by atoms with Crippen molar-refractivity contribution in [3.63, 3.8) is 0 Å². The molecule has 0 aliphatic carbocycles. The van der Waals surface area contributed by atoms with Crippen molar-refractivity contribution in [2.75, 3.05) is 12.3 Å². The van der Waals surface area contributed by atoms with Gasteiger partial charge in [-0.25, -0.2) is 19.1 Å². The second-order valence-corrected chi connectivity index (χ2v) is 7.84. The van der Waals surface area contributed by atoms with E-state index in [4.69, 9.17) is 22.1 Å². The molecule has 9 nitrogen and oxygen atoms in total. The number of aromatic amines is 1. The monoisotopic (exact) mass is 479 g/mol. The first-order valence-corrected chi connectivity index (χ1v) is 10.8. The number of nitrogen functional groups attached to an aromatic ring is 1. The van der Waals surface area contributed by atoms with E-state index in [0.717, 1.165) is 10.1 Å². The number of aliphatic hydroxyl groups excluding tert-OH is 1. The van der Waals surface area contributed by atoms with Gasteiger partial charge in [0.1, 0.15) is 11.5 Å². The van der Waals surface area contributed by atoms with Gasteiger partial charge in [0.05, 0.1) is 25.4 Å². The molecule has 0 fully saturated rings. The van der Waals surface area contributed by atoms with Gasteiger partial charge in [0.25, 0.3) is 0 Å². The van der Waals surface area contributed by atoms with E-state index in [1.165, 1.54) is 4.57 Å². The molecule has 0 aliphatic rings. The molecule has 0 bridgehead atoms. The van der Waals surface area contributed by atoms with Gasteiger partial charge in [-0.05, 0) is 66.2 Å². The molecule has 34 heavy (non-hydrogen) atoms. The summed E-state index contributed by atoms with van der Waals surface area (Å²) in [6, 6.07) is 20.9. The first-order valence-electron chi connectivity index (χ1n) is 10.4. The van der Waals surface area contributed by atoms with Crippen LogP contribution in [0.15, 0.2) is 87.4 Å². The molecular formula is C24H22ClN5O4. The number of aliphatic hydroxyl groups is 1. The highest BCUT2D eigenvalue weighted by Crippen LogP contribution is 2.24. The SMILES string of the molecule is Nc1ccc(Oc2ccc(/N=c3\[nH]c(=O)n(CCO)c(=O)n3Cc3ccc(Cl)cc3)cc2)cc1. The second kappa shape index (κ2) is 10.2. The van der Waals surface area contributed by atoms with Crippen molar-refractivity contribution in [2.24, 2.45) is 4.99 Å². The van der Waals surface area contributed by atoms with Crippen LogP contribution in [0, 0.1) is 0 Å². The van der Waals surface area contributed by atoms with E-state index >= 15 is 0 Å². The first-order chi connectivity index (χ1) is 16.4. The molecule has 3 aromatic carbocycles. The molecule has 4 aromatic rings. The van der Waals surface area contributed by atoms with Crippen molar-refractivity contribution in [2.45, 2.75) is 13.1 Å². The summed E-state index contributed by atoms with van der Waals surface area (Å²) in [6.45, 7) is -0.336. The quantitative estimate of drug-likeness (QED) is 0.351. The van der Waals surface area contributed by atoms with E-state index in [1.54, 1.807) is 72.8 Å². The van der Waals surface area contributed by atoms with Gasteiger partial charge in [-0.15, -0.1) is 0 Å². The van der Waals surface area contributed by atoms with Gasteiger partial charge in [0.2, 0.25) is 5.62 Å². The van der Waals surface area contributed by atoms with Crippen LogP contribution in [0.1, 0.15) is 5.56 Å². The molecule has 4 N–H and O–H groups in total. The van der Waals surface area contributed by atoms with E-state index in [0.29, 0.717) is 27.9 Å². The minimum Gasteiger partial charge on any atom is -0.457 e. The van der Waals surface area contributed by atoms with Gasteiger partial charge in [-0.1, -0.05) is 23.7 Å². The van der Waals surface area contributed by atoms with Crippen LogP contribution in [-0.2, 0) is 13.1 Å². The van der Waals surface area contributed by atoms with Crippen LogP contribution in [0.25, 0.3) is 0 Å². The largest absolute Gasteiger partial charge is 0.457 e. The Morgan fingerprint density at radius 3 is 2.15 bits per heavy atom. The normalized spacial score (nSPS) is 11.5. The second-order valence-electron chi connectivity index (χ2n) is 7.40. The van der Waals surface area contributed by atoms with Crippen molar-refractivity contribution < 1.29 is 9.84 Å². The fourth-order valence-corrected chi connectivity index (χ4v) is 3.36. The Morgan fingerprint density at radius 1 is 0.912 bits per heavy atom. The Labute approximate surface area is 199 Å². The maximum Gasteiger partial charge on any atom is 0.335 e. The molecule has 10 heteroatoms. The number of nitrogens with zero attached hydrogens (tertiary/aromatic N) is 3. The van der Waals surface area contributed by atoms with E-state index in [1.807, 2.05) is 0 Å². The van der Waals surface area contributed by atoms with E-state index in [2.05, 4.69) is 9.98 Å². The number of halogens is 1. The third-order valence-electron chi connectivity index (χ3n) is 4.95. The summed E-state index contributed by atoms with van der Waals surface area (Å²) in [5.41, 5.74) is 6.45. The zero-order valence-electron chi connectivity index (χ0n) is 18.0. The lowest BCUT2D eigenvalue weighted by Gasteiger charge is -2.11. The number of H-pyrrole nitrogens is 1. The molecule has 0 saturated heterocycles. The van der Waals surface area contributed by atoms with E-state index in [-0.39, 0.29) is 25.3 Å². The van der Waals surface area contributed by atoms with Gasteiger partial charge < -0.3 is 15.6 Å². The smallest absolute Gasteiger partial charge is 0.335 e. The molecule has 0 saturated carbocycles. The highest BCUT2D eigenvalue weighted by atomic mass is 35.5. The Hall–Kier alpha value is -4.08. The Kier molecular flexibility index (Phi) is 6.95. The van der Waals surface area contributed by atoms with E-state index < -0.39 is 11.4 Å². The maximum absolute atomic E-state index is 13.0. The van der Waals surface area contributed by atoms with Crippen molar-refractivity contribution >= 4 is 23.0 Å². The topological polar surface area (TPSA) is 128 Å². The molecule has 0 radical (unpaired) electrons. The number of ether oxygens (including phenoxy) is 1. The molecular weight excluding hydrogens is 458 g/mol. The Balaban J connectivity index is 1.71. The van der Waals surface area contributed by atoms with Crippen LogP contribution in [-0.4, -0.2) is 25.8 Å². The summed E-state index contributed by atoms with van der Waals surface area (Å²) < 4.78 is 8.05. The molecule has 0 atom stereocenters. The number of rotatable bonds is 7. The molecule has 0 spiro atoms. The summed E-state index contributed by atoms with van der Waals surface area (Å²) in [5.74, 6) is 1.22. The molecule has 0 amide bonds. The fraction of sp³-hybridized carbons (Fsp3) is 0.125. The number of nitrogens with one attached hydrogen (secondary N) is 1. The van der Waals surface area contributed by atoms with Gasteiger partial charge in [-0.3, -0.25) is 9.55 Å². The standard InChI is InChI=1S/C24H22ClN5O4/c25-17-3-1-16(2-4-17)15-30-22(28-23(32)29(13-14-31)24(30)33)27-19-7-11-21(12-8-19)34-20-9-5-18(26)6-10-20/h1-12,31H,13-15,26H2,(H,27,28,32). The number of aromatic nitrogens is 3. The third-order valence-corrected chi connectivity index (χ3v) is 5.20. The lowest BCUT2D eigenvalue weighted by Crippen LogP contribution is -2.50. The molecule has 4 rings (SSSR count). The van der Waals surface area contributed by atoms with Crippen LogP contribution in [0.5, 0.6) is 11.5 Å². The number of hydrogen-bond acceptors (Lipinski definition) is 6. The summed E-state index contributed by atoms with van der Waals surface area (Å²) >= 11 is 5.96. The molecule has 0 aliphatic heterocycles. The average molecular weight is 480 g/mol.